The van der Waals surface area contributed by atoms with Crippen LogP contribution in [0.25, 0.3) is 27.5 Å². The largest absolute Gasteiger partial charge is 0.377 e. The van der Waals surface area contributed by atoms with Crippen LogP contribution in [0.2, 0.25) is 0 Å². The van der Waals surface area contributed by atoms with Gasteiger partial charge in [-0.3, -0.25) is 29.2 Å². The average molecular weight is 726 g/mol. The predicted molar refractivity (Wildman–Crippen MR) is 211 cm³/mol. The van der Waals surface area contributed by atoms with Gasteiger partial charge in [-0.1, -0.05) is 12.1 Å². The van der Waals surface area contributed by atoms with Crippen LogP contribution in [-0.4, -0.2) is 108 Å². The van der Waals surface area contributed by atoms with Crippen molar-refractivity contribution in [1.29, 1.82) is 0 Å². The van der Waals surface area contributed by atoms with E-state index in [1.165, 1.54) is 35.7 Å². The number of anilines is 3. The van der Waals surface area contributed by atoms with Gasteiger partial charge in [-0.05, 0) is 86.2 Å². The maximum Gasteiger partial charge on any atom is 0.255 e. The number of rotatable bonds is 8. The highest BCUT2D eigenvalue weighted by Crippen LogP contribution is 2.33. The molecule has 0 aliphatic carbocycles. The van der Waals surface area contributed by atoms with E-state index in [4.69, 9.17) is 9.97 Å². The normalized spacial score (nSPS) is 19.9. The third-order valence-corrected chi connectivity index (χ3v) is 12.1. The standard InChI is InChI=1S/C42H47N9O3/c1-46(2)35-5-3-4-30-25-43-39(24-34(30)35)50-17-13-29-23-38(44-26-37(29)50)49-15-11-28(12-16-49)10-14-47-18-20-48(21-19-47)32-6-7-33-31(22-32)27-51(42(33)54)36-8-9-40(52)45-41(36)53/h3-7,13,17,22-26,28,36H,8-12,14-16,18-21,27H2,1-2H3,(H,45,52,53). The molecule has 0 bridgehead atoms. The van der Waals surface area contributed by atoms with Gasteiger partial charge in [0.1, 0.15) is 17.7 Å². The molecule has 12 heteroatoms. The molecule has 0 saturated carbocycles. The third kappa shape index (κ3) is 6.42. The summed E-state index contributed by atoms with van der Waals surface area (Å²) in [5.74, 6) is 1.91. The van der Waals surface area contributed by atoms with Gasteiger partial charge >= 0.3 is 0 Å². The van der Waals surface area contributed by atoms with Gasteiger partial charge in [0.25, 0.3) is 5.91 Å². The molecule has 54 heavy (non-hydrogen) atoms. The number of piperidine rings is 2. The Kier molecular flexibility index (Phi) is 8.92. The van der Waals surface area contributed by atoms with Crippen LogP contribution < -0.4 is 20.0 Å². The summed E-state index contributed by atoms with van der Waals surface area (Å²) in [6.45, 7) is 7.52. The summed E-state index contributed by atoms with van der Waals surface area (Å²) >= 11 is 0. The van der Waals surface area contributed by atoms with Gasteiger partial charge in [-0.25, -0.2) is 9.97 Å². The fourth-order valence-electron chi connectivity index (χ4n) is 8.86. The summed E-state index contributed by atoms with van der Waals surface area (Å²) in [5.41, 5.74) is 4.99. The smallest absolute Gasteiger partial charge is 0.255 e. The molecule has 1 atom stereocenters. The lowest BCUT2D eigenvalue weighted by Gasteiger charge is -2.38. The van der Waals surface area contributed by atoms with Gasteiger partial charge in [0.05, 0.1) is 11.7 Å². The van der Waals surface area contributed by atoms with Crippen molar-refractivity contribution in [2.45, 2.75) is 44.7 Å². The highest BCUT2D eigenvalue weighted by Gasteiger charge is 2.39. The second-order valence-electron chi connectivity index (χ2n) is 15.5. The number of hydrogen-bond donors (Lipinski definition) is 1. The number of fused-ring (bicyclic) bond motifs is 3. The van der Waals surface area contributed by atoms with Crippen molar-refractivity contribution in [3.05, 3.63) is 84.3 Å². The SMILES string of the molecule is CN(C)c1cccc2cnc(-n3ccc4cc(N5CCC(CCN6CCN(c7ccc8c(c7)CN(C7CCC(=O)NC7=O)C8=O)CC6)CC5)ncc43)cc12. The fraction of sp³-hybridized carbons (Fsp3) is 0.405. The molecule has 278 valence electrons. The molecule has 0 radical (unpaired) electrons. The number of piperazine rings is 1. The molecule has 1 unspecified atom stereocenters. The summed E-state index contributed by atoms with van der Waals surface area (Å²) in [5, 5.41) is 5.87. The Bertz CT molecular complexity index is 2250. The van der Waals surface area contributed by atoms with Gasteiger partial charge in [-0.15, -0.1) is 0 Å². The second-order valence-corrected chi connectivity index (χ2v) is 15.5. The number of nitrogens with one attached hydrogen (secondary N) is 1. The fourth-order valence-corrected chi connectivity index (χ4v) is 8.86. The van der Waals surface area contributed by atoms with Crippen LogP contribution in [0.3, 0.4) is 0 Å². The predicted octanol–water partition coefficient (Wildman–Crippen LogP) is 4.83. The quantitative estimate of drug-likeness (QED) is 0.225. The highest BCUT2D eigenvalue weighted by atomic mass is 16.2. The maximum absolute atomic E-state index is 13.1. The number of amides is 3. The molecular formula is C42H47N9O3. The van der Waals surface area contributed by atoms with Crippen LogP contribution >= 0.6 is 0 Å². The molecule has 2 aromatic carbocycles. The van der Waals surface area contributed by atoms with Gasteiger partial charge in [0.2, 0.25) is 11.8 Å². The lowest BCUT2D eigenvalue weighted by atomic mass is 9.93. The van der Waals surface area contributed by atoms with E-state index in [2.05, 4.69) is 92.2 Å². The lowest BCUT2D eigenvalue weighted by molar-refractivity contribution is -0.136. The van der Waals surface area contributed by atoms with E-state index in [1.54, 1.807) is 4.90 Å². The Labute approximate surface area is 315 Å². The summed E-state index contributed by atoms with van der Waals surface area (Å²) in [6.07, 6.45) is 10.3. The second kappa shape index (κ2) is 14.1. The average Bonchev–Trinajstić information content (AvgIpc) is 3.77. The number of pyridine rings is 2. The minimum Gasteiger partial charge on any atom is -0.377 e. The zero-order chi connectivity index (χ0) is 36.9. The molecule has 9 rings (SSSR count). The molecule has 7 heterocycles. The first-order chi connectivity index (χ1) is 26.3. The van der Waals surface area contributed by atoms with E-state index in [0.717, 1.165) is 85.5 Å². The zero-order valence-corrected chi connectivity index (χ0v) is 31.1. The molecule has 1 N–H and O–H groups in total. The summed E-state index contributed by atoms with van der Waals surface area (Å²) in [6, 6.07) is 18.4. The summed E-state index contributed by atoms with van der Waals surface area (Å²) in [4.78, 5) is 58.1. The zero-order valence-electron chi connectivity index (χ0n) is 31.1. The monoisotopic (exact) mass is 725 g/mol. The van der Waals surface area contributed by atoms with Crippen LogP contribution in [0.1, 0.15) is 48.0 Å². The van der Waals surface area contributed by atoms with Crippen molar-refractivity contribution in [2.24, 2.45) is 5.92 Å². The highest BCUT2D eigenvalue weighted by molar-refractivity contribution is 6.05. The number of hydrogen-bond acceptors (Lipinski definition) is 9. The Morgan fingerprint density at radius 2 is 1.63 bits per heavy atom. The van der Waals surface area contributed by atoms with Crippen LogP contribution in [0.15, 0.2) is 73.2 Å². The van der Waals surface area contributed by atoms with E-state index in [-0.39, 0.29) is 24.1 Å². The minimum absolute atomic E-state index is 0.122. The number of carbonyl (C=O) groups is 3. The van der Waals surface area contributed by atoms with Crippen LogP contribution in [0.4, 0.5) is 17.2 Å². The van der Waals surface area contributed by atoms with Crippen molar-refractivity contribution < 1.29 is 14.4 Å². The Morgan fingerprint density at radius 3 is 2.43 bits per heavy atom. The van der Waals surface area contributed by atoms with E-state index in [1.807, 2.05) is 24.5 Å². The Hall–Kier alpha value is -5.49. The Morgan fingerprint density at radius 1 is 0.815 bits per heavy atom. The van der Waals surface area contributed by atoms with E-state index >= 15 is 0 Å². The molecule has 3 fully saturated rings. The molecule has 0 spiro atoms. The van der Waals surface area contributed by atoms with Gasteiger partial charge in [-0.2, -0.15) is 0 Å². The van der Waals surface area contributed by atoms with Crippen molar-refractivity contribution in [2.75, 3.05) is 74.6 Å². The summed E-state index contributed by atoms with van der Waals surface area (Å²) < 4.78 is 2.14. The van der Waals surface area contributed by atoms with Crippen LogP contribution in [0, 0.1) is 5.92 Å². The number of imide groups is 1. The van der Waals surface area contributed by atoms with Crippen molar-refractivity contribution >= 4 is 56.6 Å². The maximum atomic E-state index is 13.1. The first-order valence-corrected chi connectivity index (χ1v) is 19.3. The van der Waals surface area contributed by atoms with Crippen molar-refractivity contribution in [1.82, 2.24) is 29.7 Å². The van der Waals surface area contributed by atoms with E-state index < -0.39 is 6.04 Å². The number of benzene rings is 2. The minimum atomic E-state index is -0.584. The Balaban J connectivity index is 0.758. The molecule has 3 aromatic heterocycles. The van der Waals surface area contributed by atoms with Crippen molar-refractivity contribution in [3.8, 4) is 5.82 Å². The van der Waals surface area contributed by atoms with Gasteiger partial charge < -0.3 is 19.6 Å². The number of carbonyl (C=O) groups excluding carboxylic acids is 3. The molecule has 5 aromatic rings. The molecular weight excluding hydrogens is 679 g/mol. The third-order valence-electron chi connectivity index (χ3n) is 12.1. The number of nitrogens with zero attached hydrogens (tertiary/aromatic N) is 8. The van der Waals surface area contributed by atoms with Crippen LogP contribution in [0.5, 0.6) is 0 Å². The molecule has 3 saturated heterocycles. The topological polar surface area (TPSA) is 110 Å². The van der Waals surface area contributed by atoms with E-state index in [9.17, 15) is 14.4 Å². The lowest BCUT2D eigenvalue weighted by Crippen LogP contribution is -2.52. The van der Waals surface area contributed by atoms with Crippen molar-refractivity contribution in [3.63, 3.8) is 0 Å². The van der Waals surface area contributed by atoms with Crippen LogP contribution in [-0.2, 0) is 16.1 Å². The number of aromatic nitrogens is 3. The van der Waals surface area contributed by atoms with E-state index in [0.29, 0.717) is 18.5 Å². The molecule has 4 aliphatic heterocycles. The van der Waals surface area contributed by atoms with Gasteiger partial charge in [0.15, 0.2) is 0 Å². The molecule has 4 aliphatic rings. The summed E-state index contributed by atoms with van der Waals surface area (Å²) in [7, 11) is 4.15. The molecule has 3 amide bonds. The van der Waals surface area contributed by atoms with Gasteiger partial charge in [0, 0.05) is 112 Å². The first kappa shape index (κ1) is 34.3. The molecule has 12 nitrogen and oxygen atoms in total. The first-order valence-electron chi connectivity index (χ1n) is 19.3.